The van der Waals surface area contributed by atoms with Gasteiger partial charge in [0.05, 0.1) is 11.9 Å². The van der Waals surface area contributed by atoms with Crippen LogP contribution in [-0.4, -0.2) is 35.2 Å². The summed E-state index contributed by atoms with van der Waals surface area (Å²) >= 11 is 0. The molecule has 0 aliphatic carbocycles. The fourth-order valence-electron chi connectivity index (χ4n) is 2.22. The van der Waals surface area contributed by atoms with E-state index in [1.165, 1.54) is 0 Å². The molecule has 1 saturated heterocycles. The second kappa shape index (κ2) is 5.64. The Bertz CT molecular complexity index is 524. The van der Waals surface area contributed by atoms with E-state index in [9.17, 15) is 9.59 Å². The molecule has 2 N–H and O–H groups in total. The van der Waals surface area contributed by atoms with Gasteiger partial charge < -0.3 is 10.2 Å². The summed E-state index contributed by atoms with van der Waals surface area (Å²) in [7, 11) is 0. The lowest BCUT2D eigenvalue weighted by molar-refractivity contribution is -0.129. The Balaban J connectivity index is 1.90. The lowest BCUT2D eigenvalue weighted by Crippen LogP contribution is -2.47. The van der Waals surface area contributed by atoms with Crippen LogP contribution in [0.1, 0.15) is 33.6 Å². The molecule has 1 aliphatic heterocycles. The SMILES string of the molecule is CC(C)(C)C(=O)NC1CCN(c2cn[nH]c(=O)c2)CC1. The number of nitrogens with one attached hydrogen (secondary N) is 2. The van der Waals surface area contributed by atoms with Crippen LogP contribution in [0.3, 0.4) is 0 Å². The first kappa shape index (κ1) is 14.6. The van der Waals surface area contributed by atoms with Gasteiger partial charge in [0, 0.05) is 30.6 Å². The highest BCUT2D eigenvalue weighted by molar-refractivity contribution is 5.81. The van der Waals surface area contributed by atoms with Crippen molar-refractivity contribution in [1.29, 1.82) is 0 Å². The van der Waals surface area contributed by atoms with Crippen LogP contribution in [0.2, 0.25) is 0 Å². The Labute approximate surface area is 118 Å². The third-order valence-electron chi connectivity index (χ3n) is 3.53. The summed E-state index contributed by atoms with van der Waals surface area (Å²) in [6, 6.07) is 1.77. The van der Waals surface area contributed by atoms with Crippen LogP contribution in [0, 0.1) is 5.41 Å². The van der Waals surface area contributed by atoms with Crippen molar-refractivity contribution in [1.82, 2.24) is 15.5 Å². The topological polar surface area (TPSA) is 78.1 Å². The summed E-state index contributed by atoms with van der Waals surface area (Å²) < 4.78 is 0. The summed E-state index contributed by atoms with van der Waals surface area (Å²) in [5, 5.41) is 9.28. The minimum Gasteiger partial charge on any atom is -0.370 e. The highest BCUT2D eigenvalue weighted by Crippen LogP contribution is 2.19. The Hall–Kier alpha value is -1.85. The van der Waals surface area contributed by atoms with Crippen molar-refractivity contribution < 1.29 is 4.79 Å². The minimum absolute atomic E-state index is 0.0915. The van der Waals surface area contributed by atoms with Gasteiger partial charge in [-0.1, -0.05) is 20.8 Å². The number of piperidine rings is 1. The number of aromatic nitrogens is 2. The standard InChI is InChI=1S/C14H22N4O2/c1-14(2,3)13(20)16-10-4-6-18(7-5-10)11-8-12(19)17-15-9-11/h8-10H,4-7H2,1-3H3,(H,16,20)(H,17,19). The zero-order valence-electron chi connectivity index (χ0n) is 12.3. The second-order valence-electron chi connectivity index (χ2n) is 6.29. The van der Waals surface area contributed by atoms with E-state index in [4.69, 9.17) is 0 Å². The minimum atomic E-state index is -0.353. The van der Waals surface area contributed by atoms with Gasteiger partial charge in [0.1, 0.15) is 0 Å². The maximum Gasteiger partial charge on any atom is 0.266 e. The molecule has 2 rings (SSSR count). The first-order chi connectivity index (χ1) is 9.36. The van der Waals surface area contributed by atoms with E-state index in [1.807, 2.05) is 20.8 Å². The largest absolute Gasteiger partial charge is 0.370 e. The smallest absolute Gasteiger partial charge is 0.266 e. The molecule has 1 aromatic heterocycles. The van der Waals surface area contributed by atoms with Gasteiger partial charge in [-0.25, -0.2) is 5.10 Å². The van der Waals surface area contributed by atoms with Gasteiger partial charge in [0.2, 0.25) is 5.91 Å². The molecule has 0 radical (unpaired) electrons. The van der Waals surface area contributed by atoms with Crippen LogP contribution >= 0.6 is 0 Å². The molecule has 0 spiro atoms. The highest BCUT2D eigenvalue weighted by Gasteiger charge is 2.26. The van der Waals surface area contributed by atoms with E-state index < -0.39 is 0 Å². The van der Waals surface area contributed by atoms with Crippen LogP contribution in [0.4, 0.5) is 5.69 Å². The van der Waals surface area contributed by atoms with Gasteiger partial charge in [-0.15, -0.1) is 0 Å². The summed E-state index contributed by atoms with van der Waals surface area (Å²) in [6.45, 7) is 7.39. The normalized spacial score (nSPS) is 17.1. The van der Waals surface area contributed by atoms with Gasteiger partial charge in [-0.3, -0.25) is 9.59 Å². The van der Waals surface area contributed by atoms with E-state index in [1.54, 1.807) is 12.3 Å². The first-order valence-corrected chi connectivity index (χ1v) is 6.97. The predicted molar refractivity (Wildman–Crippen MR) is 77.7 cm³/mol. The zero-order valence-corrected chi connectivity index (χ0v) is 12.3. The summed E-state index contributed by atoms with van der Waals surface area (Å²) in [6.07, 6.45) is 3.43. The molecule has 0 bridgehead atoms. The average molecular weight is 278 g/mol. The van der Waals surface area contributed by atoms with Crippen molar-refractivity contribution in [3.63, 3.8) is 0 Å². The van der Waals surface area contributed by atoms with E-state index in [2.05, 4.69) is 20.4 Å². The summed E-state index contributed by atoms with van der Waals surface area (Å²) in [5.74, 6) is 0.0915. The van der Waals surface area contributed by atoms with Crippen LogP contribution < -0.4 is 15.8 Å². The molecular formula is C14H22N4O2. The molecule has 1 fully saturated rings. The number of nitrogens with zero attached hydrogens (tertiary/aromatic N) is 2. The molecule has 1 aliphatic rings. The average Bonchev–Trinajstić information content (AvgIpc) is 2.38. The number of rotatable bonds is 2. The predicted octanol–water partition coefficient (Wildman–Crippen LogP) is 0.901. The van der Waals surface area contributed by atoms with E-state index in [0.717, 1.165) is 31.6 Å². The second-order valence-corrected chi connectivity index (χ2v) is 6.29. The molecule has 0 aromatic carbocycles. The number of carbonyl (C=O) groups excluding carboxylic acids is 1. The molecule has 1 amide bonds. The zero-order chi connectivity index (χ0) is 14.8. The molecule has 20 heavy (non-hydrogen) atoms. The highest BCUT2D eigenvalue weighted by atomic mass is 16.2. The molecule has 6 nitrogen and oxygen atoms in total. The lowest BCUT2D eigenvalue weighted by atomic mass is 9.94. The number of hydrogen-bond donors (Lipinski definition) is 2. The molecule has 0 unspecified atom stereocenters. The third kappa shape index (κ3) is 3.59. The Morgan fingerprint density at radius 1 is 1.40 bits per heavy atom. The molecule has 0 atom stereocenters. The molecule has 6 heteroatoms. The van der Waals surface area contributed by atoms with Crippen molar-refractivity contribution in [2.24, 2.45) is 5.41 Å². The number of amides is 1. The van der Waals surface area contributed by atoms with E-state index in [0.29, 0.717) is 0 Å². The molecule has 2 heterocycles. The Kier molecular flexibility index (Phi) is 4.11. The molecular weight excluding hydrogens is 256 g/mol. The fraction of sp³-hybridized carbons (Fsp3) is 0.643. The van der Waals surface area contributed by atoms with Gasteiger partial charge in [-0.2, -0.15) is 5.10 Å². The van der Waals surface area contributed by atoms with Crippen molar-refractivity contribution in [3.8, 4) is 0 Å². The first-order valence-electron chi connectivity index (χ1n) is 6.97. The number of carbonyl (C=O) groups is 1. The number of aromatic amines is 1. The van der Waals surface area contributed by atoms with E-state index >= 15 is 0 Å². The quantitative estimate of drug-likeness (QED) is 0.842. The van der Waals surface area contributed by atoms with Crippen molar-refractivity contribution in [2.45, 2.75) is 39.7 Å². The fourth-order valence-corrected chi connectivity index (χ4v) is 2.22. The number of H-pyrrole nitrogens is 1. The van der Waals surface area contributed by atoms with Crippen molar-refractivity contribution >= 4 is 11.6 Å². The van der Waals surface area contributed by atoms with Crippen molar-refractivity contribution in [2.75, 3.05) is 18.0 Å². The Morgan fingerprint density at radius 3 is 2.60 bits per heavy atom. The molecule has 1 aromatic rings. The lowest BCUT2D eigenvalue weighted by Gasteiger charge is -2.34. The maximum absolute atomic E-state index is 11.9. The van der Waals surface area contributed by atoms with Crippen LogP contribution in [0.15, 0.2) is 17.1 Å². The number of hydrogen-bond acceptors (Lipinski definition) is 4. The van der Waals surface area contributed by atoms with Gasteiger partial charge >= 0.3 is 0 Å². The van der Waals surface area contributed by atoms with Gasteiger partial charge in [0.25, 0.3) is 5.56 Å². The third-order valence-corrected chi connectivity index (χ3v) is 3.53. The van der Waals surface area contributed by atoms with Crippen LogP contribution in [-0.2, 0) is 4.79 Å². The van der Waals surface area contributed by atoms with Crippen LogP contribution in [0.25, 0.3) is 0 Å². The summed E-state index contributed by atoms with van der Waals surface area (Å²) in [4.78, 5) is 25.3. The summed E-state index contributed by atoms with van der Waals surface area (Å²) in [5.41, 5.74) is 0.299. The van der Waals surface area contributed by atoms with E-state index in [-0.39, 0.29) is 22.9 Å². The van der Waals surface area contributed by atoms with Crippen molar-refractivity contribution in [3.05, 3.63) is 22.6 Å². The monoisotopic (exact) mass is 278 g/mol. The number of anilines is 1. The molecule has 110 valence electrons. The van der Waals surface area contributed by atoms with Gasteiger partial charge in [0.15, 0.2) is 0 Å². The maximum atomic E-state index is 11.9. The van der Waals surface area contributed by atoms with Crippen LogP contribution in [0.5, 0.6) is 0 Å². The Morgan fingerprint density at radius 2 is 2.05 bits per heavy atom. The molecule has 0 saturated carbocycles. The van der Waals surface area contributed by atoms with Gasteiger partial charge in [-0.05, 0) is 12.8 Å².